The van der Waals surface area contributed by atoms with Crippen LogP contribution >= 0.6 is 0 Å². The third-order valence-corrected chi connectivity index (χ3v) is 5.67. The van der Waals surface area contributed by atoms with E-state index < -0.39 is 0 Å². The first-order valence-corrected chi connectivity index (χ1v) is 11.2. The Kier molecular flexibility index (Phi) is 6.94. The van der Waals surface area contributed by atoms with Gasteiger partial charge in [0.15, 0.2) is 5.96 Å². The molecule has 1 aliphatic rings. The van der Waals surface area contributed by atoms with E-state index in [4.69, 9.17) is 9.73 Å². The van der Waals surface area contributed by atoms with Crippen molar-refractivity contribution in [1.82, 2.24) is 20.4 Å². The van der Waals surface area contributed by atoms with Crippen molar-refractivity contribution < 1.29 is 4.74 Å². The molecule has 0 radical (unpaired) electrons. The van der Waals surface area contributed by atoms with E-state index in [0.29, 0.717) is 12.6 Å². The number of para-hydroxylation sites is 3. The van der Waals surface area contributed by atoms with Gasteiger partial charge >= 0.3 is 0 Å². The van der Waals surface area contributed by atoms with E-state index in [2.05, 4.69) is 51.8 Å². The van der Waals surface area contributed by atoms with Gasteiger partial charge in [-0.05, 0) is 50.1 Å². The highest BCUT2D eigenvalue weighted by Crippen LogP contribution is 2.30. The van der Waals surface area contributed by atoms with E-state index in [1.807, 2.05) is 48.1 Å². The van der Waals surface area contributed by atoms with Crippen molar-refractivity contribution in [2.45, 2.75) is 32.9 Å². The average Bonchev–Trinajstić information content (AvgIpc) is 3.47. The molecule has 1 atom stereocenters. The van der Waals surface area contributed by atoms with Crippen LogP contribution in [-0.2, 0) is 6.54 Å². The molecular formula is C25H32N6O. The third kappa shape index (κ3) is 5.04. The molecule has 2 N–H and O–H groups in total. The zero-order valence-corrected chi connectivity index (χ0v) is 19.1. The third-order valence-electron chi connectivity index (χ3n) is 5.67. The SMILES string of the molecule is CCNC(=NCc1ccccc1-n1ccc(C)n1)NC1CCN(c2ccccc2OC)C1. The Morgan fingerprint density at radius 2 is 1.91 bits per heavy atom. The number of nitrogens with zero attached hydrogens (tertiary/aromatic N) is 4. The molecule has 168 valence electrons. The van der Waals surface area contributed by atoms with Crippen LogP contribution in [0.5, 0.6) is 5.75 Å². The van der Waals surface area contributed by atoms with E-state index in [1.54, 1.807) is 7.11 Å². The molecular weight excluding hydrogens is 400 g/mol. The van der Waals surface area contributed by atoms with E-state index in [1.165, 1.54) is 0 Å². The maximum atomic E-state index is 5.54. The highest BCUT2D eigenvalue weighted by Gasteiger charge is 2.25. The topological polar surface area (TPSA) is 66.7 Å². The maximum Gasteiger partial charge on any atom is 0.191 e. The van der Waals surface area contributed by atoms with Crippen molar-refractivity contribution in [3.8, 4) is 11.4 Å². The van der Waals surface area contributed by atoms with E-state index in [-0.39, 0.29) is 0 Å². The number of aromatic nitrogens is 2. The first-order chi connectivity index (χ1) is 15.7. The number of hydrogen-bond acceptors (Lipinski definition) is 4. The van der Waals surface area contributed by atoms with Gasteiger partial charge in [0.25, 0.3) is 0 Å². The number of nitrogens with one attached hydrogen (secondary N) is 2. The monoisotopic (exact) mass is 432 g/mol. The van der Waals surface area contributed by atoms with Crippen molar-refractivity contribution in [3.05, 3.63) is 72.1 Å². The highest BCUT2D eigenvalue weighted by molar-refractivity contribution is 5.80. The summed E-state index contributed by atoms with van der Waals surface area (Å²) >= 11 is 0. The summed E-state index contributed by atoms with van der Waals surface area (Å²) < 4.78 is 7.46. The molecule has 1 saturated heterocycles. The largest absolute Gasteiger partial charge is 0.495 e. The lowest BCUT2D eigenvalue weighted by molar-refractivity contribution is 0.415. The fraction of sp³-hybridized carbons (Fsp3) is 0.360. The number of hydrogen-bond donors (Lipinski definition) is 2. The Morgan fingerprint density at radius 1 is 1.12 bits per heavy atom. The van der Waals surface area contributed by atoms with E-state index >= 15 is 0 Å². The predicted molar refractivity (Wildman–Crippen MR) is 130 cm³/mol. The average molecular weight is 433 g/mol. The van der Waals surface area contributed by atoms with E-state index in [0.717, 1.165) is 60.4 Å². The summed E-state index contributed by atoms with van der Waals surface area (Å²) in [5.74, 6) is 1.75. The lowest BCUT2D eigenvalue weighted by Gasteiger charge is -2.22. The molecule has 0 aliphatic carbocycles. The van der Waals surface area contributed by atoms with Crippen LogP contribution in [0.1, 0.15) is 24.6 Å². The molecule has 7 nitrogen and oxygen atoms in total. The molecule has 2 heterocycles. The zero-order valence-electron chi connectivity index (χ0n) is 19.1. The molecule has 32 heavy (non-hydrogen) atoms. The van der Waals surface area contributed by atoms with Crippen LogP contribution < -0.4 is 20.3 Å². The van der Waals surface area contributed by atoms with Crippen molar-refractivity contribution in [3.63, 3.8) is 0 Å². The van der Waals surface area contributed by atoms with Gasteiger partial charge in [0, 0.05) is 31.9 Å². The Balaban J connectivity index is 1.45. The van der Waals surface area contributed by atoms with Crippen LogP contribution in [0.4, 0.5) is 5.69 Å². The number of anilines is 1. The molecule has 4 rings (SSSR count). The number of methoxy groups -OCH3 is 1. The van der Waals surface area contributed by atoms with Gasteiger partial charge in [-0.3, -0.25) is 0 Å². The molecule has 1 unspecified atom stereocenters. The molecule has 1 aliphatic heterocycles. The van der Waals surface area contributed by atoms with Crippen LogP contribution in [0.2, 0.25) is 0 Å². The summed E-state index contributed by atoms with van der Waals surface area (Å²) in [6.45, 7) is 7.38. The second-order valence-corrected chi connectivity index (χ2v) is 7.97. The lowest BCUT2D eigenvalue weighted by atomic mass is 10.2. The number of benzene rings is 2. The minimum absolute atomic E-state index is 0.321. The first kappa shape index (κ1) is 21.7. The molecule has 1 fully saturated rings. The Hall–Kier alpha value is -3.48. The molecule has 1 aromatic heterocycles. The fourth-order valence-corrected chi connectivity index (χ4v) is 4.08. The fourth-order valence-electron chi connectivity index (χ4n) is 4.08. The number of aliphatic imine (C=N–C) groups is 1. The molecule has 0 amide bonds. The van der Waals surface area contributed by atoms with Crippen molar-refractivity contribution in [2.75, 3.05) is 31.6 Å². The minimum atomic E-state index is 0.321. The molecule has 3 aromatic rings. The molecule has 0 bridgehead atoms. The van der Waals surface area contributed by atoms with Gasteiger partial charge in [-0.15, -0.1) is 0 Å². The van der Waals surface area contributed by atoms with Crippen LogP contribution in [0.15, 0.2) is 65.8 Å². The van der Waals surface area contributed by atoms with Crippen molar-refractivity contribution in [1.29, 1.82) is 0 Å². The standard InChI is InChI=1S/C25H32N6O/c1-4-26-25(27-17-20-9-5-6-10-22(20)31-16-13-19(2)29-31)28-21-14-15-30(18-21)23-11-7-8-12-24(23)32-3/h5-13,16,21H,4,14-15,17-18H2,1-3H3,(H2,26,27,28). The smallest absolute Gasteiger partial charge is 0.191 e. The van der Waals surface area contributed by atoms with Gasteiger partial charge in [-0.1, -0.05) is 30.3 Å². The molecule has 0 saturated carbocycles. The summed E-state index contributed by atoms with van der Waals surface area (Å²) in [5, 5.41) is 11.6. The predicted octanol–water partition coefficient (Wildman–Crippen LogP) is 3.52. The number of ether oxygens (including phenoxy) is 1. The summed E-state index contributed by atoms with van der Waals surface area (Å²) in [5.41, 5.74) is 4.34. The van der Waals surface area contributed by atoms with E-state index in [9.17, 15) is 0 Å². The van der Waals surface area contributed by atoms with Gasteiger partial charge in [-0.2, -0.15) is 5.10 Å². The molecule has 2 aromatic carbocycles. The van der Waals surface area contributed by atoms with Crippen LogP contribution in [0.25, 0.3) is 5.69 Å². The van der Waals surface area contributed by atoms with Gasteiger partial charge in [-0.25, -0.2) is 9.67 Å². The Bertz CT molecular complexity index is 1060. The number of guanidine groups is 1. The molecule has 7 heteroatoms. The summed E-state index contributed by atoms with van der Waals surface area (Å²) in [7, 11) is 1.73. The Morgan fingerprint density at radius 3 is 2.66 bits per heavy atom. The minimum Gasteiger partial charge on any atom is -0.495 e. The van der Waals surface area contributed by atoms with Crippen LogP contribution in [0.3, 0.4) is 0 Å². The summed E-state index contributed by atoms with van der Waals surface area (Å²) in [4.78, 5) is 7.25. The normalized spacial score (nSPS) is 16.3. The van der Waals surface area contributed by atoms with Crippen molar-refractivity contribution in [2.24, 2.45) is 4.99 Å². The highest BCUT2D eigenvalue weighted by atomic mass is 16.5. The second kappa shape index (κ2) is 10.2. The summed E-state index contributed by atoms with van der Waals surface area (Å²) in [6.07, 6.45) is 3.04. The second-order valence-electron chi connectivity index (χ2n) is 7.97. The zero-order chi connectivity index (χ0) is 22.3. The quantitative estimate of drug-likeness (QED) is 0.442. The van der Waals surface area contributed by atoms with Gasteiger partial charge < -0.3 is 20.3 Å². The van der Waals surface area contributed by atoms with Gasteiger partial charge in [0.2, 0.25) is 0 Å². The van der Waals surface area contributed by atoms with Crippen molar-refractivity contribution >= 4 is 11.6 Å². The lowest BCUT2D eigenvalue weighted by Crippen LogP contribution is -2.44. The Labute approximate surface area is 190 Å². The van der Waals surface area contributed by atoms with Crippen LogP contribution in [-0.4, -0.2) is 48.5 Å². The van der Waals surface area contributed by atoms with Gasteiger partial charge in [0.05, 0.1) is 30.7 Å². The number of rotatable bonds is 7. The first-order valence-electron chi connectivity index (χ1n) is 11.2. The maximum absolute atomic E-state index is 5.54. The van der Waals surface area contributed by atoms with Crippen LogP contribution in [0, 0.1) is 6.92 Å². The summed E-state index contributed by atoms with van der Waals surface area (Å²) in [6, 6.07) is 18.8. The molecule has 0 spiro atoms. The van der Waals surface area contributed by atoms with Gasteiger partial charge in [0.1, 0.15) is 5.75 Å². The number of aryl methyl sites for hydroxylation is 1.